The van der Waals surface area contributed by atoms with Crippen molar-refractivity contribution in [3.63, 3.8) is 0 Å². The van der Waals surface area contributed by atoms with E-state index < -0.39 is 0 Å². The molecule has 0 atom stereocenters. The zero-order valence-electron chi connectivity index (χ0n) is 11.4. The van der Waals surface area contributed by atoms with Crippen molar-refractivity contribution in [1.29, 1.82) is 0 Å². The Morgan fingerprint density at radius 2 is 2.20 bits per heavy atom. The number of benzene rings is 1. The Kier molecular flexibility index (Phi) is 3.44. The fourth-order valence-corrected chi connectivity index (χ4v) is 2.34. The molecule has 1 aromatic heterocycles. The molecule has 102 valence electrons. The van der Waals surface area contributed by atoms with Crippen molar-refractivity contribution in [3.8, 4) is 0 Å². The molecule has 0 amide bonds. The van der Waals surface area contributed by atoms with Crippen LogP contribution in [-0.4, -0.2) is 53.3 Å². The topological polar surface area (TPSA) is 44.6 Å². The van der Waals surface area contributed by atoms with Crippen molar-refractivity contribution >= 4 is 39.9 Å². The third-order valence-electron chi connectivity index (χ3n) is 3.60. The molecular weight excluding hydrogens is 270 g/mol. The van der Waals surface area contributed by atoms with E-state index in [2.05, 4.69) is 56.2 Å². The van der Waals surface area contributed by atoms with Crippen molar-refractivity contribution in [2.45, 2.75) is 6.04 Å². The van der Waals surface area contributed by atoms with Crippen LogP contribution in [0.5, 0.6) is 0 Å². The van der Waals surface area contributed by atoms with Gasteiger partial charge >= 0.3 is 0 Å². The molecule has 1 aliphatic heterocycles. The molecule has 3 rings (SSSR count). The Balaban J connectivity index is 1.85. The van der Waals surface area contributed by atoms with E-state index in [1.165, 1.54) is 0 Å². The van der Waals surface area contributed by atoms with Crippen LogP contribution in [-0.2, 0) is 0 Å². The van der Waals surface area contributed by atoms with Gasteiger partial charge in [-0.05, 0) is 44.5 Å². The zero-order chi connectivity index (χ0) is 14.1. The lowest BCUT2D eigenvalue weighted by Gasteiger charge is -2.42. The van der Waals surface area contributed by atoms with E-state index in [1.54, 1.807) is 0 Å². The van der Waals surface area contributed by atoms with Crippen LogP contribution in [0.15, 0.2) is 29.4 Å². The predicted molar refractivity (Wildman–Crippen MR) is 83.9 cm³/mol. The molecule has 1 aliphatic rings. The van der Waals surface area contributed by atoms with Crippen molar-refractivity contribution < 1.29 is 0 Å². The first kappa shape index (κ1) is 13.1. The number of anilines is 1. The van der Waals surface area contributed by atoms with Gasteiger partial charge in [0.2, 0.25) is 5.95 Å². The number of hydrogen-bond donors (Lipinski definition) is 0. The molecule has 2 heterocycles. The Morgan fingerprint density at radius 3 is 2.90 bits per heavy atom. The van der Waals surface area contributed by atoms with Crippen LogP contribution < -0.4 is 4.90 Å². The van der Waals surface area contributed by atoms with Crippen molar-refractivity contribution in [1.82, 2.24) is 14.9 Å². The highest BCUT2D eigenvalue weighted by Crippen LogP contribution is 2.23. The number of nitrogens with zero attached hydrogens (tertiary/aromatic N) is 5. The van der Waals surface area contributed by atoms with Crippen molar-refractivity contribution in [3.05, 3.63) is 24.4 Å². The van der Waals surface area contributed by atoms with Crippen molar-refractivity contribution in [2.75, 3.05) is 32.1 Å². The van der Waals surface area contributed by atoms with E-state index in [0.29, 0.717) is 6.04 Å². The number of thiocarbonyl (C=S) groups is 1. The van der Waals surface area contributed by atoms with E-state index in [1.807, 2.05) is 24.4 Å². The van der Waals surface area contributed by atoms with Gasteiger partial charge in [-0.2, -0.15) is 4.99 Å². The van der Waals surface area contributed by atoms with Gasteiger partial charge < -0.3 is 9.80 Å². The van der Waals surface area contributed by atoms with Crippen LogP contribution in [0, 0.1) is 0 Å². The fraction of sp³-hybridized carbons (Fsp3) is 0.357. The first-order valence-corrected chi connectivity index (χ1v) is 6.84. The normalized spacial score (nSPS) is 15.2. The molecule has 6 heteroatoms. The summed E-state index contributed by atoms with van der Waals surface area (Å²) in [5, 5.41) is 3.33. The molecule has 1 fully saturated rings. The first-order valence-electron chi connectivity index (χ1n) is 6.43. The van der Waals surface area contributed by atoms with E-state index in [4.69, 9.17) is 0 Å². The average Bonchev–Trinajstić information content (AvgIpc) is 2.37. The molecule has 20 heavy (non-hydrogen) atoms. The summed E-state index contributed by atoms with van der Waals surface area (Å²) < 4.78 is 0. The molecule has 0 saturated carbocycles. The Morgan fingerprint density at radius 1 is 1.40 bits per heavy atom. The molecule has 0 N–H and O–H groups in total. The second-order valence-corrected chi connectivity index (χ2v) is 5.32. The van der Waals surface area contributed by atoms with Crippen LogP contribution in [0.4, 0.5) is 11.6 Å². The lowest BCUT2D eigenvalue weighted by Crippen LogP contribution is -2.58. The number of fused-ring (bicyclic) bond motifs is 1. The van der Waals surface area contributed by atoms with E-state index in [-0.39, 0.29) is 0 Å². The van der Waals surface area contributed by atoms with Gasteiger partial charge in [0, 0.05) is 30.7 Å². The monoisotopic (exact) mass is 285 g/mol. The summed E-state index contributed by atoms with van der Waals surface area (Å²) in [6, 6.07) is 6.33. The highest BCUT2D eigenvalue weighted by atomic mass is 32.1. The average molecular weight is 285 g/mol. The van der Waals surface area contributed by atoms with Gasteiger partial charge in [-0.1, -0.05) is 0 Å². The first-order chi connectivity index (χ1) is 9.67. The summed E-state index contributed by atoms with van der Waals surface area (Å²) in [6.07, 6.45) is 1.84. The molecule has 0 aliphatic carbocycles. The molecule has 1 aromatic carbocycles. The summed E-state index contributed by atoms with van der Waals surface area (Å²) in [5.41, 5.74) is 1.70. The van der Waals surface area contributed by atoms with Gasteiger partial charge in [0.15, 0.2) is 0 Å². The smallest absolute Gasteiger partial charge is 0.225 e. The molecule has 0 bridgehead atoms. The van der Waals surface area contributed by atoms with Gasteiger partial charge in [-0.25, -0.2) is 9.97 Å². The molecule has 0 unspecified atom stereocenters. The van der Waals surface area contributed by atoms with Gasteiger partial charge in [-0.3, -0.25) is 0 Å². The second-order valence-electron chi connectivity index (χ2n) is 5.14. The zero-order valence-corrected chi connectivity index (χ0v) is 12.3. The number of isothiocyanates is 1. The molecule has 1 saturated heterocycles. The maximum Gasteiger partial charge on any atom is 0.225 e. The lowest BCUT2D eigenvalue weighted by molar-refractivity contribution is 0.245. The Labute approximate surface area is 123 Å². The van der Waals surface area contributed by atoms with E-state index >= 15 is 0 Å². The fourth-order valence-electron chi connectivity index (χ4n) is 2.23. The molecule has 0 spiro atoms. The summed E-state index contributed by atoms with van der Waals surface area (Å²) in [6.45, 7) is 1.96. The minimum absolute atomic E-state index is 0.591. The third kappa shape index (κ3) is 2.41. The van der Waals surface area contributed by atoms with Crippen LogP contribution in [0.2, 0.25) is 0 Å². The Hall–Kier alpha value is -1.88. The Bertz CT molecular complexity index is 687. The summed E-state index contributed by atoms with van der Waals surface area (Å²) in [5.74, 6) is 0.793. The van der Waals surface area contributed by atoms with Crippen LogP contribution in [0.3, 0.4) is 0 Å². The van der Waals surface area contributed by atoms with E-state index in [9.17, 15) is 0 Å². The van der Waals surface area contributed by atoms with Crippen LogP contribution in [0.25, 0.3) is 10.9 Å². The number of aromatic nitrogens is 2. The number of likely N-dealkylation sites (N-methyl/N-ethyl adjacent to an activating group) is 1. The second kappa shape index (κ2) is 5.25. The van der Waals surface area contributed by atoms with Gasteiger partial charge in [0.05, 0.1) is 16.4 Å². The number of hydrogen-bond acceptors (Lipinski definition) is 6. The SMILES string of the molecule is CN(C)C1CN(c2ncc3cc(N=C=S)ccc3n2)C1. The predicted octanol–water partition coefficient (Wildman–Crippen LogP) is 2.11. The number of rotatable bonds is 3. The minimum Gasteiger partial charge on any atom is -0.338 e. The van der Waals surface area contributed by atoms with Crippen LogP contribution >= 0.6 is 12.2 Å². The minimum atomic E-state index is 0.591. The number of aliphatic imine (C=N–C) groups is 1. The molecule has 2 aromatic rings. The summed E-state index contributed by atoms with van der Waals surface area (Å²) >= 11 is 4.61. The highest BCUT2D eigenvalue weighted by Gasteiger charge is 2.30. The molecule has 0 radical (unpaired) electrons. The largest absolute Gasteiger partial charge is 0.338 e. The third-order valence-corrected chi connectivity index (χ3v) is 3.69. The van der Waals surface area contributed by atoms with Crippen molar-refractivity contribution in [2.24, 2.45) is 4.99 Å². The maximum absolute atomic E-state index is 4.61. The summed E-state index contributed by atoms with van der Waals surface area (Å²) in [4.78, 5) is 17.4. The van der Waals surface area contributed by atoms with Gasteiger partial charge in [-0.15, -0.1) is 0 Å². The lowest BCUT2D eigenvalue weighted by atomic mass is 10.1. The highest BCUT2D eigenvalue weighted by molar-refractivity contribution is 7.78. The maximum atomic E-state index is 4.61. The standard InChI is InChI=1S/C14H15N5S/c1-18(2)12-7-19(8-12)14-15-6-10-5-11(16-9-20)3-4-13(10)17-14/h3-6,12H,7-8H2,1-2H3. The van der Waals surface area contributed by atoms with Crippen LogP contribution in [0.1, 0.15) is 0 Å². The quantitative estimate of drug-likeness (QED) is 0.638. The molecular formula is C14H15N5S. The summed E-state index contributed by atoms with van der Waals surface area (Å²) in [7, 11) is 4.20. The van der Waals surface area contributed by atoms with E-state index in [0.717, 1.165) is 35.6 Å². The van der Waals surface area contributed by atoms with Gasteiger partial charge in [0.25, 0.3) is 0 Å². The molecule has 5 nitrogen and oxygen atoms in total. The van der Waals surface area contributed by atoms with Gasteiger partial charge in [0.1, 0.15) is 0 Å².